The molecule has 0 radical (unpaired) electrons. The summed E-state index contributed by atoms with van der Waals surface area (Å²) in [6, 6.07) is 14.2. The standard InChI is InChI=1S/C22H18F2N2O5/c1-3-14(21(27)28-2)15-8-4-5-9-16(15)29-19-12-20(26-13-25-19)30-17-10-6-7-11-18(17)31-22(23)24/h3-13,22H,1-2H3/b14-3+. The summed E-state index contributed by atoms with van der Waals surface area (Å²) in [4.78, 5) is 20.1. The average Bonchev–Trinajstić information content (AvgIpc) is 2.76. The molecule has 0 saturated heterocycles. The lowest BCUT2D eigenvalue weighted by molar-refractivity contribution is -0.133. The second-order valence-corrected chi connectivity index (χ2v) is 5.91. The summed E-state index contributed by atoms with van der Waals surface area (Å²) in [7, 11) is 1.29. The Morgan fingerprint density at radius 1 is 0.935 bits per heavy atom. The van der Waals surface area contributed by atoms with Gasteiger partial charge in [0.15, 0.2) is 11.5 Å². The number of esters is 1. The van der Waals surface area contributed by atoms with E-state index in [1.807, 2.05) is 0 Å². The van der Waals surface area contributed by atoms with E-state index in [-0.39, 0.29) is 23.3 Å². The fourth-order valence-electron chi connectivity index (χ4n) is 2.66. The Labute approximate surface area is 176 Å². The van der Waals surface area contributed by atoms with Crippen molar-refractivity contribution in [3.8, 4) is 29.0 Å². The number of rotatable bonds is 8. The third-order valence-corrected chi connectivity index (χ3v) is 3.98. The topological polar surface area (TPSA) is 79.8 Å². The van der Waals surface area contributed by atoms with Gasteiger partial charge in [-0.25, -0.2) is 14.8 Å². The Morgan fingerprint density at radius 2 is 1.52 bits per heavy atom. The molecular formula is C22H18F2N2O5. The lowest BCUT2D eigenvalue weighted by atomic mass is 10.0. The monoisotopic (exact) mass is 428 g/mol. The number of nitrogens with zero attached hydrogens (tertiary/aromatic N) is 2. The molecule has 0 saturated carbocycles. The Bertz CT molecular complexity index is 1090. The molecule has 0 fully saturated rings. The fourth-order valence-corrected chi connectivity index (χ4v) is 2.66. The number of ether oxygens (including phenoxy) is 4. The Hall–Kier alpha value is -4.01. The molecule has 0 aliphatic carbocycles. The fraction of sp³-hybridized carbons (Fsp3) is 0.136. The zero-order valence-electron chi connectivity index (χ0n) is 16.6. The van der Waals surface area contributed by atoms with Gasteiger partial charge in [-0.05, 0) is 25.1 Å². The zero-order valence-corrected chi connectivity index (χ0v) is 16.6. The van der Waals surface area contributed by atoms with E-state index in [2.05, 4.69) is 14.7 Å². The first-order valence-corrected chi connectivity index (χ1v) is 9.07. The Kier molecular flexibility index (Phi) is 7.10. The van der Waals surface area contributed by atoms with Crippen LogP contribution < -0.4 is 14.2 Å². The summed E-state index contributed by atoms with van der Waals surface area (Å²) in [5.74, 6) is -0.0838. The van der Waals surface area contributed by atoms with E-state index in [4.69, 9.17) is 14.2 Å². The van der Waals surface area contributed by atoms with Crippen molar-refractivity contribution < 1.29 is 32.5 Å². The van der Waals surface area contributed by atoms with E-state index in [1.54, 1.807) is 43.3 Å². The van der Waals surface area contributed by atoms with Gasteiger partial charge in [-0.3, -0.25) is 0 Å². The second kappa shape index (κ2) is 10.1. The molecule has 0 N–H and O–H groups in total. The van der Waals surface area contributed by atoms with Gasteiger partial charge >= 0.3 is 12.6 Å². The number of aromatic nitrogens is 2. The van der Waals surface area contributed by atoms with Crippen LogP contribution in [0.4, 0.5) is 8.78 Å². The minimum absolute atomic E-state index is 0.0482. The van der Waals surface area contributed by atoms with Crippen LogP contribution in [0, 0.1) is 0 Å². The molecule has 0 atom stereocenters. The normalized spacial score (nSPS) is 11.2. The molecule has 3 aromatic rings. The van der Waals surface area contributed by atoms with Gasteiger partial charge in [-0.1, -0.05) is 36.4 Å². The van der Waals surface area contributed by atoms with E-state index in [0.29, 0.717) is 16.9 Å². The molecule has 0 amide bonds. The molecule has 31 heavy (non-hydrogen) atoms. The summed E-state index contributed by atoms with van der Waals surface area (Å²) in [5, 5.41) is 0. The third-order valence-electron chi connectivity index (χ3n) is 3.98. The number of para-hydroxylation sites is 3. The number of alkyl halides is 2. The maximum atomic E-state index is 12.6. The number of hydrogen-bond donors (Lipinski definition) is 0. The van der Waals surface area contributed by atoms with Gasteiger partial charge in [0.2, 0.25) is 11.8 Å². The highest BCUT2D eigenvalue weighted by atomic mass is 19.3. The Balaban J connectivity index is 1.86. The molecule has 9 heteroatoms. The number of allylic oxidation sites excluding steroid dienone is 1. The predicted octanol–water partition coefficient (Wildman–Crippen LogP) is 5.24. The van der Waals surface area contributed by atoms with Crippen LogP contribution in [0.2, 0.25) is 0 Å². The average molecular weight is 428 g/mol. The van der Waals surface area contributed by atoms with Gasteiger partial charge in [-0.2, -0.15) is 8.78 Å². The summed E-state index contributed by atoms with van der Waals surface area (Å²) < 4.78 is 45.9. The van der Waals surface area contributed by atoms with E-state index in [1.165, 1.54) is 37.7 Å². The van der Waals surface area contributed by atoms with Gasteiger partial charge in [0.1, 0.15) is 12.1 Å². The number of benzene rings is 2. The van der Waals surface area contributed by atoms with Crippen LogP contribution >= 0.6 is 0 Å². The van der Waals surface area contributed by atoms with E-state index < -0.39 is 12.6 Å². The van der Waals surface area contributed by atoms with Gasteiger partial charge in [0.25, 0.3) is 0 Å². The van der Waals surface area contributed by atoms with Crippen LogP contribution in [0.25, 0.3) is 5.57 Å². The summed E-state index contributed by atoms with van der Waals surface area (Å²) in [6.45, 7) is -1.29. The molecule has 0 unspecified atom stereocenters. The molecule has 3 rings (SSSR count). The molecule has 0 spiro atoms. The van der Waals surface area contributed by atoms with Crippen molar-refractivity contribution in [2.75, 3.05) is 7.11 Å². The lowest BCUT2D eigenvalue weighted by Crippen LogP contribution is -2.05. The van der Waals surface area contributed by atoms with Crippen molar-refractivity contribution in [3.05, 3.63) is 72.6 Å². The molecule has 0 aliphatic rings. The van der Waals surface area contributed by atoms with Crippen LogP contribution in [-0.2, 0) is 9.53 Å². The van der Waals surface area contributed by atoms with Crippen molar-refractivity contribution in [2.24, 2.45) is 0 Å². The van der Waals surface area contributed by atoms with Gasteiger partial charge < -0.3 is 18.9 Å². The van der Waals surface area contributed by atoms with Crippen molar-refractivity contribution in [3.63, 3.8) is 0 Å². The van der Waals surface area contributed by atoms with E-state index >= 15 is 0 Å². The van der Waals surface area contributed by atoms with Crippen LogP contribution in [0.1, 0.15) is 12.5 Å². The van der Waals surface area contributed by atoms with Gasteiger partial charge in [-0.15, -0.1) is 0 Å². The first-order valence-electron chi connectivity index (χ1n) is 9.07. The number of halogens is 2. The van der Waals surface area contributed by atoms with Gasteiger partial charge in [0, 0.05) is 5.56 Å². The molecule has 1 aromatic heterocycles. The van der Waals surface area contributed by atoms with E-state index in [9.17, 15) is 13.6 Å². The SMILES string of the molecule is C/C=C(/C(=O)OC)c1ccccc1Oc1cc(Oc2ccccc2OC(F)F)ncn1. The third kappa shape index (κ3) is 5.53. The number of hydrogen-bond acceptors (Lipinski definition) is 7. The largest absolute Gasteiger partial charge is 0.465 e. The molecule has 160 valence electrons. The number of carbonyl (C=O) groups excluding carboxylic acids is 1. The maximum Gasteiger partial charge on any atom is 0.387 e. The lowest BCUT2D eigenvalue weighted by Gasteiger charge is -2.13. The zero-order chi connectivity index (χ0) is 22.2. The number of carbonyl (C=O) groups is 1. The summed E-state index contributed by atoms with van der Waals surface area (Å²) >= 11 is 0. The van der Waals surface area contributed by atoms with Crippen molar-refractivity contribution >= 4 is 11.5 Å². The highest BCUT2D eigenvalue weighted by Gasteiger charge is 2.17. The smallest absolute Gasteiger partial charge is 0.387 e. The van der Waals surface area contributed by atoms with Crippen LogP contribution in [0.3, 0.4) is 0 Å². The predicted molar refractivity (Wildman–Crippen MR) is 107 cm³/mol. The molecule has 1 heterocycles. The van der Waals surface area contributed by atoms with Crippen LogP contribution in [0.15, 0.2) is 67.0 Å². The minimum Gasteiger partial charge on any atom is -0.465 e. The highest BCUT2D eigenvalue weighted by molar-refractivity contribution is 6.17. The molecule has 0 bridgehead atoms. The van der Waals surface area contributed by atoms with Crippen molar-refractivity contribution in [2.45, 2.75) is 13.5 Å². The van der Waals surface area contributed by atoms with Crippen LogP contribution in [-0.4, -0.2) is 29.7 Å². The summed E-state index contributed by atoms with van der Waals surface area (Å²) in [5.41, 5.74) is 0.829. The second-order valence-electron chi connectivity index (χ2n) is 5.91. The minimum atomic E-state index is -3.00. The molecule has 7 nitrogen and oxygen atoms in total. The van der Waals surface area contributed by atoms with Crippen LogP contribution in [0.5, 0.6) is 29.0 Å². The first kappa shape index (κ1) is 21.7. The quantitative estimate of drug-likeness (QED) is 0.359. The summed E-state index contributed by atoms with van der Waals surface area (Å²) in [6.07, 6.45) is 2.81. The highest BCUT2D eigenvalue weighted by Crippen LogP contribution is 2.34. The van der Waals surface area contributed by atoms with Crippen molar-refractivity contribution in [1.29, 1.82) is 0 Å². The van der Waals surface area contributed by atoms with Crippen molar-refractivity contribution in [1.82, 2.24) is 9.97 Å². The maximum absolute atomic E-state index is 12.6. The number of methoxy groups -OCH3 is 1. The molecule has 2 aromatic carbocycles. The molecular weight excluding hydrogens is 410 g/mol. The van der Waals surface area contributed by atoms with Gasteiger partial charge in [0.05, 0.1) is 18.7 Å². The molecule has 0 aliphatic heterocycles. The first-order chi connectivity index (χ1) is 15.0. The Morgan fingerprint density at radius 3 is 2.13 bits per heavy atom. The van der Waals surface area contributed by atoms with E-state index in [0.717, 1.165) is 0 Å².